The second-order valence-electron chi connectivity index (χ2n) is 7.47. The van der Waals surface area contributed by atoms with Gasteiger partial charge in [0, 0.05) is 49.7 Å². The van der Waals surface area contributed by atoms with Crippen LogP contribution in [0.3, 0.4) is 0 Å². The molecule has 1 aromatic carbocycles. The number of nitro groups is 1. The molecule has 3 aromatic rings. The number of hydrogen-bond acceptors (Lipinski definition) is 5. The summed E-state index contributed by atoms with van der Waals surface area (Å²) < 4.78 is 29.3. The molecule has 0 bridgehead atoms. The molecular weight excluding hydrogens is 408 g/mol. The Kier molecular flexibility index (Phi) is 5.70. The summed E-state index contributed by atoms with van der Waals surface area (Å²) >= 11 is 0. The Hall–Kier alpha value is -3.69. The molecule has 160 valence electrons. The summed E-state index contributed by atoms with van der Waals surface area (Å²) in [5.74, 6) is -1.58. The summed E-state index contributed by atoms with van der Waals surface area (Å²) in [4.78, 5) is 33.5. The zero-order valence-electron chi connectivity index (χ0n) is 16.4. The number of nitrogens with zero attached hydrogens (tertiary/aromatic N) is 5. The molecule has 10 heteroatoms. The van der Waals surface area contributed by atoms with Crippen LogP contribution in [0.4, 0.5) is 14.5 Å². The Bertz CT molecular complexity index is 1120. The minimum absolute atomic E-state index is 0.00608. The average Bonchev–Trinajstić information content (AvgIpc) is 3.40. The van der Waals surface area contributed by atoms with Crippen molar-refractivity contribution in [3.05, 3.63) is 76.5 Å². The quantitative estimate of drug-likeness (QED) is 0.445. The van der Waals surface area contributed by atoms with Crippen LogP contribution >= 0.6 is 0 Å². The number of amides is 1. The van der Waals surface area contributed by atoms with Gasteiger partial charge in [0.25, 0.3) is 5.69 Å². The van der Waals surface area contributed by atoms with E-state index in [4.69, 9.17) is 0 Å². The zero-order chi connectivity index (χ0) is 22.0. The van der Waals surface area contributed by atoms with Gasteiger partial charge in [-0.3, -0.25) is 14.9 Å². The molecule has 1 aliphatic heterocycles. The molecule has 2 aromatic heterocycles. The van der Waals surface area contributed by atoms with Gasteiger partial charge in [0.05, 0.1) is 23.4 Å². The molecule has 1 aliphatic rings. The largest absolute Gasteiger partial charge is 0.342 e. The number of likely N-dealkylation sites (tertiary alicyclic amines) is 1. The van der Waals surface area contributed by atoms with Gasteiger partial charge < -0.3 is 9.47 Å². The molecule has 0 radical (unpaired) electrons. The van der Waals surface area contributed by atoms with Crippen LogP contribution < -0.4 is 0 Å². The Balaban J connectivity index is 1.52. The molecule has 1 saturated heterocycles. The van der Waals surface area contributed by atoms with E-state index in [0.29, 0.717) is 19.2 Å². The van der Waals surface area contributed by atoms with Crippen LogP contribution in [0.2, 0.25) is 0 Å². The predicted octanol–water partition coefficient (Wildman–Crippen LogP) is 3.22. The normalized spacial score (nSPS) is 15.9. The summed E-state index contributed by atoms with van der Waals surface area (Å²) in [5, 5.41) is 11.4. The van der Waals surface area contributed by atoms with Gasteiger partial charge in [-0.05, 0) is 30.5 Å². The number of benzene rings is 1. The van der Waals surface area contributed by atoms with Gasteiger partial charge in [-0.15, -0.1) is 0 Å². The molecule has 3 heterocycles. The first-order valence-corrected chi connectivity index (χ1v) is 9.74. The standard InChI is InChI=1S/C21H19F2N5O3/c22-15-1-2-16(17(23)9-15)18-3-4-20(28(30)31)19(25-18)10-21(29)27-7-5-14(12-27)11-26-8-6-24-13-26/h1-4,6,8-9,13-14H,5,7,10-12H2. The maximum absolute atomic E-state index is 14.1. The Morgan fingerprint density at radius 2 is 2.10 bits per heavy atom. The van der Waals surface area contributed by atoms with Gasteiger partial charge in [-0.25, -0.2) is 18.7 Å². The van der Waals surface area contributed by atoms with Crippen LogP contribution in [0.1, 0.15) is 12.1 Å². The van der Waals surface area contributed by atoms with Crippen molar-refractivity contribution in [2.45, 2.75) is 19.4 Å². The first-order valence-electron chi connectivity index (χ1n) is 9.74. The van der Waals surface area contributed by atoms with E-state index in [0.717, 1.165) is 19.0 Å². The van der Waals surface area contributed by atoms with Crippen LogP contribution in [-0.2, 0) is 17.8 Å². The van der Waals surface area contributed by atoms with Crippen LogP contribution in [-0.4, -0.2) is 43.4 Å². The predicted molar refractivity (Wildman–Crippen MR) is 107 cm³/mol. The maximum atomic E-state index is 14.1. The molecule has 1 unspecified atom stereocenters. The van der Waals surface area contributed by atoms with Crippen molar-refractivity contribution < 1.29 is 18.5 Å². The number of pyridine rings is 1. The Labute approximate surface area is 176 Å². The zero-order valence-corrected chi connectivity index (χ0v) is 16.4. The van der Waals surface area contributed by atoms with E-state index in [1.807, 2.05) is 10.8 Å². The summed E-state index contributed by atoms with van der Waals surface area (Å²) in [7, 11) is 0. The van der Waals surface area contributed by atoms with Crippen molar-refractivity contribution in [1.82, 2.24) is 19.4 Å². The number of imidazole rings is 1. The van der Waals surface area contributed by atoms with Crippen molar-refractivity contribution in [3.8, 4) is 11.3 Å². The highest BCUT2D eigenvalue weighted by Crippen LogP contribution is 2.27. The highest BCUT2D eigenvalue weighted by molar-refractivity contribution is 5.80. The number of hydrogen-bond donors (Lipinski definition) is 0. The number of carbonyl (C=O) groups excluding carboxylic acids is 1. The minimum Gasteiger partial charge on any atom is -0.342 e. The molecule has 4 rings (SSSR count). The molecular formula is C21H19F2N5O3. The van der Waals surface area contributed by atoms with Gasteiger partial charge in [0.15, 0.2) is 0 Å². The van der Waals surface area contributed by atoms with Crippen molar-refractivity contribution in [2.75, 3.05) is 13.1 Å². The van der Waals surface area contributed by atoms with E-state index < -0.39 is 16.6 Å². The number of carbonyl (C=O) groups is 1. The van der Waals surface area contributed by atoms with Crippen molar-refractivity contribution in [3.63, 3.8) is 0 Å². The van der Waals surface area contributed by atoms with Crippen molar-refractivity contribution in [2.24, 2.45) is 5.92 Å². The van der Waals surface area contributed by atoms with Gasteiger partial charge in [-0.2, -0.15) is 0 Å². The lowest BCUT2D eigenvalue weighted by Gasteiger charge is -2.17. The maximum Gasteiger partial charge on any atom is 0.291 e. The average molecular weight is 427 g/mol. The molecule has 1 atom stereocenters. The molecule has 1 fully saturated rings. The van der Waals surface area contributed by atoms with Gasteiger partial charge in [0.1, 0.15) is 17.3 Å². The molecule has 31 heavy (non-hydrogen) atoms. The number of aromatic nitrogens is 3. The first kappa shape index (κ1) is 20.6. The lowest BCUT2D eigenvalue weighted by atomic mass is 10.1. The smallest absolute Gasteiger partial charge is 0.291 e. The first-order chi connectivity index (χ1) is 14.9. The van der Waals surface area contributed by atoms with E-state index >= 15 is 0 Å². The fourth-order valence-corrected chi connectivity index (χ4v) is 3.79. The van der Waals surface area contributed by atoms with E-state index in [1.54, 1.807) is 17.4 Å². The van der Waals surface area contributed by atoms with Crippen LogP contribution in [0.25, 0.3) is 11.3 Å². The van der Waals surface area contributed by atoms with Gasteiger partial charge in [-0.1, -0.05) is 0 Å². The second-order valence-corrected chi connectivity index (χ2v) is 7.47. The highest BCUT2D eigenvalue weighted by Gasteiger charge is 2.29. The Morgan fingerprint density at radius 3 is 2.81 bits per heavy atom. The second kappa shape index (κ2) is 8.58. The van der Waals surface area contributed by atoms with Gasteiger partial charge in [0.2, 0.25) is 5.91 Å². The van der Waals surface area contributed by atoms with E-state index in [9.17, 15) is 23.7 Å². The van der Waals surface area contributed by atoms with Crippen LogP contribution in [0.15, 0.2) is 49.1 Å². The molecule has 0 N–H and O–H groups in total. The SMILES string of the molecule is O=C(Cc1nc(-c2ccc(F)cc2F)ccc1[N+](=O)[O-])N1CCC(Cn2ccnc2)C1. The summed E-state index contributed by atoms with van der Waals surface area (Å²) in [6, 6.07) is 5.50. The molecule has 8 nitrogen and oxygen atoms in total. The fourth-order valence-electron chi connectivity index (χ4n) is 3.79. The van der Waals surface area contributed by atoms with Crippen LogP contribution in [0.5, 0.6) is 0 Å². The minimum atomic E-state index is -0.833. The van der Waals surface area contributed by atoms with E-state index in [-0.39, 0.29) is 40.9 Å². The monoisotopic (exact) mass is 427 g/mol. The van der Waals surface area contributed by atoms with Crippen molar-refractivity contribution in [1.29, 1.82) is 0 Å². The lowest BCUT2D eigenvalue weighted by Crippen LogP contribution is -2.31. The molecule has 0 saturated carbocycles. The van der Waals surface area contributed by atoms with E-state index in [2.05, 4.69) is 9.97 Å². The summed E-state index contributed by atoms with van der Waals surface area (Å²) in [5.41, 5.74) is -0.250. The molecule has 0 aliphatic carbocycles. The summed E-state index contributed by atoms with van der Waals surface area (Å²) in [6.45, 7) is 1.83. The highest BCUT2D eigenvalue weighted by atomic mass is 19.1. The summed E-state index contributed by atoms with van der Waals surface area (Å²) in [6.07, 6.45) is 5.82. The third-order valence-corrected chi connectivity index (χ3v) is 5.34. The van der Waals surface area contributed by atoms with Gasteiger partial charge >= 0.3 is 0 Å². The topological polar surface area (TPSA) is 94.2 Å². The third kappa shape index (κ3) is 4.57. The van der Waals surface area contributed by atoms with Crippen LogP contribution in [0, 0.1) is 27.7 Å². The molecule has 1 amide bonds. The lowest BCUT2D eigenvalue weighted by molar-refractivity contribution is -0.385. The Morgan fingerprint density at radius 1 is 1.26 bits per heavy atom. The number of halogens is 2. The fraction of sp³-hybridized carbons (Fsp3) is 0.286. The van der Waals surface area contributed by atoms with Crippen molar-refractivity contribution >= 4 is 11.6 Å². The van der Waals surface area contributed by atoms with E-state index in [1.165, 1.54) is 18.2 Å². The molecule has 0 spiro atoms. The third-order valence-electron chi connectivity index (χ3n) is 5.34. The number of rotatable bonds is 6.